The average Bonchev–Trinajstić information content (AvgIpc) is 2.15. The summed E-state index contributed by atoms with van der Waals surface area (Å²) in [5.41, 5.74) is 6.77. The van der Waals surface area contributed by atoms with Crippen LogP contribution in [-0.4, -0.2) is 22.7 Å². The van der Waals surface area contributed by atoms with Gasteiger partial charge in [0.1, 0.15) is 0 Å². The summed E-state index contributed by atoms with van der Waals surface area (Å²) in [6.45, 7) is 2.10. The zero-order chi connectivity index (χ0) is 9.68. The van der Waals surface area contributed by atoms with E-state index >= 15 is 0 Å². The van der Waals surface area contributed by atoms with Gasteiger partial charge in [-0.1, -0.05) is 6.07 Å². The summed E-state index contributed by atoms with van der Waals surface area (Å²) in [7, 11) is 0. The van der Waals surface area contributed by atoms with Gasteiger partial charge in [0.2, 0.25) is 0 Å². The van der Waals surface area contributed by atoms with E-state index in [1.165, 1.54) is 0 Å². The number of rotatable bonds is 4. The predicted octanol–water partition coefficient (Wildman–Crippen LogP) is 1.32. The molecule has 1 aromatic rings. The van der Waals surface area contributed by atoms with Gasteiger partial charge in [0, 0.05) is 30.5 Å². The Kier molecular flexibility index (Phi) is 6.45. The standard InChI is InChI=1S/C10H16N2O.ClH/c1-8(11)9(5-7-13)10-4-2-3-6-12-10;/h2-4,6,8-9,13H,5,7,11H2,1H3;1H/t8-,9?;/m1./s1. The van der Waals surface area contributed by atoms with E-state index < -0.39 is 0 Å². The third-order valence-corrected chi connectivity index (χ3v) is 2.14. The summed E-state index contributed by atoms with van der Waals surface area (Å²) in [5, 5.41) is 8.86. The number of hydrogen-bond acceptors (Lipinski definition) is 3. The fraction of sp³-hybridized carbons (Fsp3) is 0.500. The first-order valence-electron chi connectivity index (χ1n) is 4.53. The minimum absolute atomic E-state index is 0. The van der Waals surface area contributed by atoms with Crippen molar-refractivity contribution in [1.29, 1.82) is 0 Å². The molecule has 0 amide bonds. The Morgan fingerprint density at radius 1 is 1.50 bits per heavy atom. The van der Waals surface area contributed by atoms with Gasteiger partial charge in [-0.3, -0.25) is 4.98 Å². The highest BCUT2D eigenvalue weighted by molar-refractivity contribution is 5.85. The second-order valence-electron chi connectivity index (χ2n) is 3.23. The minimum atomic E-state index is 0. The van der Waals surface area contributed by atoms with Crippen LogP contribution in [0.2, 0.25) is 0 Å². The van der Waals surface area contributed by atoms with E-state index in [0.717, 1.165) is 5.69 Å². The lowest BCUT2D eigenvalue weighted by Crippen LogP contribution is -2.26. The van der Waals surface area contributed by atoms with Gasteiger partial charge < -0.3 is 10.8 Å². The van der Waals surface area contributed by atoms with E-state index in [1.54, 1.807) is 6.20 Å². The molecule has 3 N–H and O–H groups in total. The fourth-order valence-electron chi connectivity index (χ4n) is 1.41. The molecular weight excluding hydrogens is 200 g/mol. The quantitative estimate of drug-likeness (QED) is 0.798. The molecule has 0 saturated heterocycles. The second-order valence-corrected chi connectivity index (χ2v) is 3.23. The molecule has 0 aliphatic heterocycles. The Morgan fingerprint density at radius 3 is 2.64 bits per heavy atom. The van der Waals surface area contributed by atoms with Crippen molar-refractivity contribution in [2.45, 2.75) is 25.3 Å². The molecule has 3 nitrogen and oxygen atoms in total. The number of nitrogens with two attached hydrogens (primary N) is 1. The van der Waals surface area contributed by atoms with Gasteiger partial charge in [0.05, 0.1) is 0 Å². The maximum atomic E-state index is 8.86. The Hall–Kier alpha value is -0.640. The first kappa shape index (κ1) is 13.4. The lowest BCUT2D eigenvalue weighted by atomic mass is 9.94. The molecule has 0 fully saturated rings. The van der Waals surface area contributed by atoms with Crippen molar-refractivity contribution >= 4 is 12.4 Å². The Bertz CT molecular complexity index is 241. The number of halogens is 1. The lowest BCUT2D eigenvalue weighted by Gasteiger charge is -2.18. The molecule has 1 rings (SSSR count). The molecular formula is C10H17ClN2O. The third kappa shape index (κ3) is 3.62. The highest BCUT2D eigenvalue weighted by atomic mass is 35.5. The van der Waals surface area contributed by atoms with Crippen molar-refractivity contribution in [3.05, 3.63) is 30.1 Å². The number of nitrogens with zero attached hydrogens (tertiary/aromatic N) is 1. The van der Waals surface area contributed by atoms with Crippen molar-refractivity contribution in [2.24, 2.45) is 5.73 Å². The van der Waals surface area contributed by atoms with Crippen molar-refractivity contribution in [1.82, 2.24) is 4.98 Å². The van der Waals surface area contributed by atoms with Crippen LogP contribution in [0.4, 0.5) is 0 Å². The highest BCUT2D eigenvalue weighted by Crippen LogP contribution is 2.19. The molecule has 1 unspecified atom stereocenters. The molecule has 0 radical (unpaired) electrons. The van der Waals surface area contributed by atoms with E-state index in [0.29, 0.717) is 6.42 Å². The van der Waals surface area contributed by atoms with Crippen LogP contribution in [0.15, 0.2) is 24.4 Å². The number of aliphatic hydroxyl groups is 1. The first-order chi connectivity index (χ1) is 6.25. The van der Waals surface area contributed by atoms with Crippen LogP contribution < -0.4 is 5.73 Å². The predicted molar refractivity (Wildman–Crippen MR) is 59.6 cm³/mol. The van der Waals surface area contributed by atoms with Crippen LogP contribution in [-0.2, 0) is 0 Å². The average molecular weight is 217 g/mol. The highest BCUT2D eigenvalue weighted by Gasteiger charge is 2.16. The molecule has 0 aliphatic rings. The number of aromatic nitrogens is 1. The molecule has 0 aromatic carbocycles. The molecule has 0 aliphatic carbocycles. The van der Waals surface area contributed by atoms with Crippen molar-refractivity contribution < 1.29 is 5.11 Å². The van der Waals surface area contributed by atoms with Gasteiger partial charge in [0.25, 0.3) is 0 Å². The molecule has 4 heteroatoms. The zero-order valence-electron chi connectivity index (χ0n) is 8.26. The maximum absolute atomic E-state index is 8.86. The van der Waals surface area contributed by atoms with E-state index in [1.807, 2.05) is 25.1 Å². The maximum Gasteiger partial charge on any atom is 0.0450 e. The molecule has 2 atom stereocenters. The Labute approximate surface area is 90.8 Å². The van der Waals surface area contributed by atoms with Crippen molar-refractivity contribution in [2.75, 3.05) is 6.61 Å². The van der Waals surface area contributed by atoms with Crippen molar-refractivity contribution in [3.63, 3.8) is 0 Å². The van der Waals surface area contributed by atoms with Crippen molar-refractivity contribution in [3.8, 4) is 0 Å². The van der Waals surface area contributed by atoms with Gasteiger partial charge >= 0.3 is 0 Å². The number of aliphatic hydroxyl groups excluding tert-OH is 1. The molecule has 0 saturated carbocycles. The Morgan fingerprint density at radius 2 is 2.21 bits per heavy atom. The van der Waals surface area contributed by atoms with E-state index in [9.17, 15) is 0 Å². The topological polar surface area (TPSA) is 59.1 Å². The summed E-state index contributed by atoms with van der Waals surface area (Å²) in [5.74, 6) is 0.159. The minimum Gasteiger partial charge on any atom is -0.396 e. The third-order valence-electron chi connectivity index (χ3n) is 2.14. The molecule has 0 bridgehead atoms. The first-order valence-corrected chi connectivity index (χ1v) is 4.53. The van der Waals surface area contributed by atoms with E-state index in [4.69, 9.17) is 10.8 Å². The zero-order valence-corrected chi connectivity index (χ0v) is 9.07. The monoisotopic (exact) mass is 216 g/mol. The normalized spacial score (nSPS) is 14.2. The molecule has 1 aromatic heterocycles. The van der Waals surface area contributed by atoms with Crippen LogP contribution in [0.5, 0.6) is 0 Å². The summed E-state index contributed by atoms with van der Waals surface area (Å²) in [4.78, 5) is 4.23. The molecule has 80 valence electrons. The summed E-state index contributed by atoms with van der Waals surface area (Å²) in [6.07, 6.45) is 2.43. The molecule has 0 spiro atoms. The summed E-state index contributed by atoms with van der Waals surface area (Å²) in [6, 6.07) is 5.79. The van der Waals surface area contributed by atoms with Crippen LogP contribution in [0.3, 0.4) is 0 Å². The van der Waals surface area contributed by atoms with Crippen LogP contribution in [0.25, 0.3) is 0 Å². The Balaban J connectivity index is 0.00000169. The SMILES string of the molecule is C[C@@H](N)C(CCO)c1ccccn1.Cl. The van der Waals surface area contributed by atoms with Crippen LogP contribution in [0.1, 0.15) is 25.0 Å². The summed E-state index contributed by atoms with van der Waals surface area (Å²) < 4.78 is 0. The molecule has 14 heavy (non-hydrogen) atoms. The fourth-order valence-corrected chi connectivity index (χ4v) is 1.41. The van der Waals surface area contributed by atoms with Gasteiger partial charge in [-0.25, -0.2) is 0 Å². The second kappa shape index (κ2) is 6.76. The van der Waals surface area contributed by atoms with Crippen LogP contribution >= 0.6 is 12.4 Å². The lowest BCUT2D eigenvalue weighted by molar-refractivity contribution is 0.268. The smallest absolute Gasteiger partial charge is 0.0450 e. The van der Waals surface area contributed by atoms with Crippen LogP contribution in [0, 0.1) is 0 Å². The largest absolute Gasteiger partial charge is 0.396 e. The molecule has 1 heterocycles. The number of hydrogen-bond donors (Lipinski definition) is 2. The van der Waals surface area contributed by atoms with Gasteiger partial charge in [-0.05, 0) is 25.5 Å². The van der Waals surface area contributed by atoms with Gasteiger partial charge in [-0.15, -0.1) is 12.4 Å². The van der Waals surface area contributed by atoms with E-state index in [-0.39, 0.29) is 31.0 Å². The van der Waals surface area contributed by atoms with Gasteiger partial charge in [-0.2, -0.15) is 0 Å². The number of pyridine rings is 1. The van der Waals surface area contributed by atoms with E-state index in [2.05, 4.69) is 4.98 Å². The summed E-state index contributed by atoms with van der Waals surface area (Å²) >= 11 is 0. The van der Waals surface area contributed by atoms with Gasteiger partial charge in [0.15, 0.2) is 0 Å².